The van der Waals surface area contributed by atoms with Crippen LogP contribution >= 0.6 is 0 Å². The van der Waals surface area contributed by atoms with Crippen molar-refractivity contribution in [1.82, 2.24) is 14.5 Å². The highest BCUT2D eigenvalue weighted by atomic mass is 16.2. The minimum Gasteiger partial charge on any atom is -0.342 e. The van der Waals surface area contributed by atoms with E-state index in [9.17, 15) is 9.59 Å². The molecule has 1 amide bonds. The highest BCUT2D eigenvalue weighted by Gasteiger charge is 2.29. The van der Waals surface area contributed by atoms with Crippen molar-refractivity contribution >= 4 is 16.8 Å². The fourth-order valence-corrected chi connectivity index (χ4v) is 4.32. The van der Waals surface area contributed by atoms with E-state index in [0.717, 1.165) is 37.3 Å². The number of para-hydroxylation sites is 1. The van der Waals surface area contributed by atoms with E-state index in [1.54, 1.807) is 0 Å². The van der Waals surface area contributed by atoms with Crippen molar-refractivity contribution in [1.29, 1.82) is 0 Å². The lowest BCUT2D eigenvalue weighted by atomic mass is 9.91. The molecule has 0 bridgehead atoms. The topological polar surface area (TPSA) is 55.2 Å². The maximum Gasteiger partial charge on any atom is 0.261 e. The summed E-state index contributed by atoms with van der Waals surface area (Å²) in [6.45, 7) is 6.13. The van der Waals surface area contributed by atoms with Crippen LogP contribution in [0.1, 0.15) is 51.4 Å². The number of hydrogen-bond acceptors (Lipinski definition) is 3. The molecule has 2 aliphatic rings. The van der Waals surface area contributed by atoms with Crippen molar-refractivity contribution in [2.45, 2.75) is 52.0 Å². The molecule has 0 N–H and O–H groups in total. The van der Waals surface area contributed by atoms with Gasteiger partial charge >= 0.3 is 0 Å². The molecule has 2 fully saturated rings. The van der Waals surface area contributed by atoms with Gasteiger partial charge in [0, 0.05) is 32.0 Å². The summed E-state index contributed by atoms with van der Waals surface area (Å²) in [6, 6.07) is 7.77. The van der Waals surface area contributed by atoms with Gasteiger partial charge in [-0.15, -0.1) is 0 Å². The third-order valence-corrected chi connectivity index (χ3v) is 5.58. The fourth-order valence-electron chi connectivity index (χ4n) is 4.32. The predicted molar refractivity (Wildman–Crippen MR) is 102 cm³/mol. The first-order chi connectivity index (χ1) is 12.5. The van der Waals surface area contributed by atoms with Crippen LogP contribution in [-0.4, -0.2) is 33.4 Å². The molecule has 2 unspecified atom stereocenters. The van der Waals surface area contributed by atoms with E-state index in [4.69, 9.17) is 4.98 Å². The summed E-state index contributed by atoms with van der Waals surface area (Å²) in [4.78, 5) is 32.3. The van der Waals surface area contributed by atoms with E-state index in [2.05, 4.69) is 13.8 Å². The maximum atomic E-state index is 12.9. The van der Waals surface area contributed by atoms with Crippen LogP contribution in [0.4, 0.5) is 0 Å². The van der Waals surface area contributed by atoms with E-state index in [-0.39, 0.29) is 17.5 Å². The minimum absolute atomic E-state index is 0.0424. The number of amides is 1. The Bertz CT molecular complexity index is 874. The Morgan fingerprint density at radius 3 is 2.54 bits per heavy atom. The van der Waals surface area contributed by atoms with Gasteiger partial charge in [0.05, 0.1) is 10.9 Å². The average molecular weight is 353 g/mol. The highest BCUT2D eigenvalue weighted by molar-refractivity contribution is 5.78. The van der Waals surface area contributed by atoms with Gasteiger partial charge in [0.2, 0.25) is 5.91 Å². The van der Waals surface area contributed by atoms with Crippen molar-refractivity contribution in [2.75, 3.05) is 13.1 Å². The molecule has 1 aliphatic heterocycles. The molecule has 138 valence electrons. The van der Waals surface area contributed by atoms with E-state index >= 15 is 0 Å². The lowest BCUT2D eigenvalue weighted by Gasteiger charge is -2.35. The molecule has 2 heterocycles. The van der Waals surface area contributed by atoms with Crippen LogP contribution in [0.15, 0.2) is 29.1 Å². The van der Waals surface area contributed by atoms with Gasteiger partial charge in [0.15, 0.2) is 0 Å². The summed E-state index contributed by atoms with van der Waals surface area (Å²) >= 11 is 0. The van der Waals surface area contributed by atoms with Crippen LogP contribution in [0.25, 0.3) is 10.9 Å². The standard InChI is InChI=1S/C21H27N3O2/c1-14-11-15(2)13-23(12-14)20(25)10-9-19-22-18-6-4-3-5-17(18)21(26)24(19)16-7-8-16/h3-6,14-16H,7-13H2,1-2H3. The lowest BCUT2D eigenvalue weighted by Crippen LogP contribution is -2.42. The van der Waals surface area contributed by atoms with Gasteiger partial charge in [-0.2, -0.15) is 0 Å². The molecule has 5 nitrogen and oxygen atoms in total. The van der Waals surface area contributed by atoms with E-state index < -0.39 is 0 Å². The average Bonchev–Trinajstić information content (AvgIpc) is 3.43. The summed E-state index contributed by atoms with van der Waals surface area (Å²) < 4.78 is 1.84. The Hall–Kier alpha value is -2.17. The largest absolute Gasteiger partial charge is 0.342 e. The second-order valence-electron chi connectivity index (χ2n) is 8.20. The lowest BCUT2D eigenvalue weighted by molar-refractivity contribution is -0.133. The number of rotatable bonds is 4. The van der Waals surface area contributed by atoms with E-state index in [0.29, 0.717) is 30.1 Å². The summed E-state index contributed by atoms with van der Waals surface area (Å²) in [5.74, 6) is 2.08. The Morgan fingerprint density at radius 1 is 1.15 bits per heavy atom. The first-order valence-electron chi connectivity index (χ1n) is 9.81. The van der Waals surface area contributed by atoms with E-state index in [1.807, 2.05) is 33.7 Å². The van der Waals surface area contributed by atoms with Crippen molar-refractivity contribution in [3.8, 4) is 0 Å². The number of aryl methyl sites for hydroxylation is 1. The van der Waals surface area contributed by atoms with Gasteiger partial charge < -0.3 is 4.90 Å². The van der Waals surface area contributed by atoms with Gasteiger partial charge in [0.25, 0.3) is 5.56 Å². The van der Waals surface area contributed by atoms with Crippen LogP contribution in [0.2, 0.25) is 0 Å². The van der Waals surface area contributed by atoms with Gasteiger partial charge in [-0.05, 0) is 43.2 Å². The van der Waals surface area contributed by atoms with Crippen LogP contribution in [0.5, 0.6) is 0 Å². The SMILES string of the molecule is CC1CC(C)CN(C(=O)CCc2nc3ccccc3c(=O)n2C2CC2)C1. The number of likely N-dealkylation sites (tertiary alicyclic amines) is 1. The highest BCUT2D eigenvalue weighted by Crippen LogP contribution is 2.35. The molecule has 2 atom stereocenters. The first kappa shape index (κ1) is 17.3. The minimum atomic E-state index is 0.0424. The number of fused-ring (bicyclic) bond motifs is 1. The Morgan fingerprint density at radius 2 is 1.85 bits per heavy atom. The molecular formula is C21H27N3O2. The Kier molecular flexibility index (Phi) is 4.55. The fraction of sp³-hybridized carbons (Fsp3) is 0.571. The van der Waals surface area contributed by atoms with Crippen molar-refractivity contribution < 1.29 is 4.79 Å². The van der Waals surface area contributed by atoms with Gasteiger partial charge in [0.1, 0.15) is 5.82 Å². The van der Waals surface area contributed by atoms with E-state index in [1.165, 1.54) is 6.42 Å². The van der Waals surface area contributed by atoms with Crippen molar-refractivity contribution in [2.24, 2.45) is 11.8 Å². The Balaban J connectivity index is 1.56. The summed E-state index contributed by atoms with van der Waals surface area (Å²) in [7, 11) is 0. The van der Waals surface area contributed by atoms with Crippen LogP contribution < -0.4 is 5.56 Å². The number of aromatic nitrogens is 2. The van der Waals surface area contributed by atoms with Gasteiger partial charge in [-0.25, -0.2) is 4.98 Å². The molecule has 0 radical (unpaired) electrons. The normalized spacial score (nSPS) is 23.4. The second-order valence-corrected chi connectivity index (χ2v) is 8.20. The zero-order chi connectivity index (χ0) is 18.3. The second kappa shape index (κ2) is 6.86. The predicted octanol–water partition coefficient (Wildman–Crippen LogP) is 3.17. The first-order valence-corrected chi connectivity index (χ1v) is 9.81. The van der Waals surface area contributed by atoms with Crippen LogP contribution in [0, 0.1) is 11.8 Å². The smallest absolute Gasteiger partial charge is 0.261 e. The molecule has 2 aromatic rings. The monoisotopic (exact) mass is 353 g/mol. The zero-order valence-electron chi connectivity index (χ0n) is 15.6. The quantitative estimate of drug-likeness (QED) is 0.848. The third kappa shape index (κ3) is 3.39. The molecule has 1 aliphatic carbocycles. The molecule has 1 saturated carbocycles. The molecule has 1 aromatic carbocycles. The molecule has 5 heteroatoms. The summed E-state index contributed by atoms with van der Waals surface area (Å²) in [5.41, 5.74) is 0.776. The van der Waals surface area contributed by atoms with Crippen molar-refractivity contribution in [3.05, 3.63) is 40.4 Å². The van der Waals surface area contributed by atoms with Gasteiger partial charge in [-0.1, -0.05) is 26.0 Å². The summed E-state index contributed by atoms with van der Waals surface area (Å²) in [6.07, 6.45) is 4.22. The molecular weight excluding hydrogens is 326 g/mol. The molecule has 4 rings (SSSR count). The zero-order valence-corrected chi connectivity index (χ0v) is 15.6. The Labute approximate surface area is 154 Å². The number of hydrogen-bond donors (Lipinski definition) is 0. The van der Waals surface area contributed by atoms with Crippen molar-refractivity contribution in [3.63, 3.8) is 0 Å². The molecule has 26 heavy (non-hydrogen) atoms. The molecule has 0 spiro atoms. The number of carbonyl (C=O) groups is 1. The number of nitrogens with zero attached hydrogens (tertiary/aromatic N) is 3. The number of benzene rings is 1. The van der Waals surface area contributed by atoms with Crippen LogP contribution in [-0.2, 0) is 11.2 Å². The molecule has 1 aromatic heterocycles. The van der Waals surface area contributed by atoms with Crippen LogP contribution in [0.3, 0.4) is 0 Å². The van der Waals surface area contributed by atoms with Gasteiger partial charge in [-0.3, -0.25) is 14.2 Å². The third-order valence-electron chi connectivity index (χ3n) is 5.58. The number of carbonyl (C=O) groups excluding carboxylic acids is 1. The summed E-state index contributed by atoms with van der Waals surface area (Å²) in [5, 5.41) is 0.674. The maximum absolute atomic E-state index is 12.9. The molecule has 1 saturated heterocycles. The number of piperidine rings is 1.